The number of nitrogens with zero attached hydrogens (tertiary/aromatic N) is 1. The number of nitrogens with one attached hydrogen (secondary N) is 1. The zero-order valence-electron chi connectivity index (χ0n) is 9.31. The van der Waals surface area contributed by atoms with E-state index in [0.717, 1.165) is 19.3 Å². The summed E-state index contributed by atoms with van der Waals surface area (Å²) in [5.74, 6) is 0. The lowest BCUT2D eigenvalue weighted by Crippen LogP contribution is -2.49. The number of hydrogen-bond acceptors (Lipinski definition) is 3. The highest BCUT2D eigenvalue weighted by Crippen LogP contribution is 2.18. The molecule has 1 saturated heterocycles. The van der Waals surface area contributed by atoms with Gasteiger partial charge in [0.2, 0.25) is 0 Å². The van der Waals surface area contributed by atoms with E-state index in [4.69, 9.17) is 5.11 Å². The van der Waals surface area contributed by atoms with Crippen LogP contribution in [0.4, 0.5) is 0 Å². The van der Waals surface area contributed by atoms with Gasteiger partial charge in [0.05, 0.1) is 6.10 Å². The van der Waals surface area contributed by atoms with Crippen molar-refractivity contribution in [2.75, 3.05) is 13.1 Å². The van der Waals surface area contributed by atoms with Crippen molar-refractivity contribution in [3.8, 4) is 0 Å². The molecule has 0 aliphatic carbocycles. The van der Waals surface area contributed by atoms with Gasteiger partial charge in [0.1, 0.15) is 0 Å². The van der Waals surface area contributed by atoms with Gasteiger partial charge < -0.3 is 5.11 Å². The summed E-state index contributed by atoms with van der Waals surface area (Å²) >= 11 is 0. The highest BCUT2D eigenvalue weighted by Gasteiger charge is 2.29. The van der Waals surface area contributed by atoms with Crippen LogP contribution >= 0.6 is 0 Å². The minimum atomic E-state index is -3.40. The van der Waals surface area contributed by atoms with Gasteiger partial charge in [0, 0.05) is 19.1 Å². The topological polar surface area (TPSA) is 69.6 Å². The maximum Gasteiger partial charge on any atom is 0.279 e. The molecule has 6 heteroatoms. The molecule has 1 unspecified atom stereocenters. The van der Waals surface area contributed by atoms with Crippen LogP contribution in [-0.4, -0.2) is 43.1 Å². The fourth-order valence-corrected chi connectivity index (χ4v) is 3.30. The Balaban J connectivity index is 2.59. The molecule has 1 fully saturated rings. The molecule has 1 aliphatic rings. The third kappa shape index (κ3) is 3.71. The number of aliphatic hydroxyl groups excluding tert-OH is 1. The number of hydrogen-bond donors (Lipinski definition) is 2. The van der Waals surface area contributed by atoms with E-state index < -0.39 is 16.3 Å². The van der Waals surface area contributed by atoms with Crippen LogP contribution in [0.25, 0.3) is 0 Å². The van der Waals surface area contributed by atoms with Gasteiger partial charge in [0.15, 0.2) is 0 Å². The van der Waals surface area contributed by atoms with Gasteiger partial charge >= 0.3 is 0 Å². The van der Waals surface area contributed by atoms with Crippen LogP contribution in [-0.2, 0) is 10.2 Å². The molecule has 15 heavy (non-hydrogen) atoms. The average Bonchev–Trinajstić information content (AvgIpc) is 2.15. The number of aliphatic hydroxyl groups is 1. The normalized spacial score (nSPS) is 26.5. The zero-order chi connectivity index (χ0) is 11.5. The minimum Gasteiger partial charge on any atom is -0.392 e. The average molecular weight is 236 g/mol. The van der Waals surface area contributed by atoms with Crippen LogP contribution in [0.1, 0.15) is 33.1 Å². The highest BCUT2D eigenvalue weighted by atomic mass is 32.2. The second-order valence-corrected chi connectivity index (χ2v) is 5.87. The molecule has 2 atom stereocenters. The van der Waals surface area contributed by atoms with Gasteiger partial charge in [0.25, 0.3) is 10.2 Å². The van der Waals surface area contributed by atoms with E-state index in [1.165, 1.54) is 4.31 Å². The molecule has 90 valence electrons. The summed E-state index contributed by atoms with van der Waals surface area (Å²) in [7, 11) is -3.40. The second kappa shape index (κ2) is 5.25. The van der Waals surface area contributed by atoms with Crippen LogP contribution in [0.2, 0.25) is 0 Å². The quantitative estimate of drug-likeness (QED) is 0.726. The van der Waals surface area contributed by atoms with Crippen LogP contribution < -0.4 is 4.72 Å². The summed E-state index contributed by atoms with van der Waals surface area (Å²) in [5.41, 5.74) is 0. The molecule has 2 N–H and O–H groups in total. The third-order valence-electron chi connectivity index (χ3n) is 2.61. The fraction of sp³-hybridized carbons (Fsp3) is 1.00. The molecule has 1 rings (SSSR count). The predicted octanol–water partition coefficient (Wildman–Crippen LogP) is 0.0760. The molecule has 0 spiro atoms. The van der Waals surface area contributed by atoms with Gasteiger partial charge in [-0.2, -0.15) is 17.4 Å². The van der Waals surface area contributed by atoms with E-state index in [2.05, 4.69) is 4.72 Å². The molecular formula is C9H20N2O3S. The molecule has 0 aromatic carbocycles. The monoisotopic (exact) mass is 236 g/mol. The molecule has 0 amide bonds. The van der Waals surface area contributed by atoms with E-state index in [1.54, 1.807) is 6.92 Å². The van der Waals surface area contributed by atoms with Crippen molar-refractivity contribution in [3.05, 3.63) is 0 Å². The standard InChI is InChI=1S/C9H20N2O3S/c1-8-5-3-4-6-11(8)15(13,14)10-7-9(2)12/h8-10,12H,3-7H2,1-2H3/t8?,9-/m1/s1. The summed E-state index contributed by atoms with van der Waals surface area (Å²) in [6.45, 7) is 4.13. The Morgan fingerprint density at radius 1 is 1.53 bits per heavy atom. The van der Waals surface area contributed by atoms with Gasteiger partial charge in [-0.25, -0.2) is 0 Å². The maximum absolute atomic E-state index is 11.8. The lowest BCUT2D eigenvalue weighted by Gasteiger charge is -2.32. The minimum absolute atomic E-state index is 0.0604. The van der Waals surface area contributed by atoms with Crippen molar-refractivity contribution < 1.29 is 13.5 Å². The molecule has 0 saturated carbocycles. The molecule has 5 nitrogen and oxygen atoms in total. The molecule has 1 aliphatic heterocycles. The number of rotatable bonds is 4. The van der Waals surface area contributed by atoms with Crippen LogP contribution in [0.3, 0.4) is 0 Å². The first kappa shape index (κ1) is 12.9. The van der Waals surface area contributed by atoms with E-state index in [9.17, 15) is 8.42 Å². The Labute approximate surface area is 91.7 Å². The Bertz CT molecular complexity index is 290. The van der Waals surface area contributed by atoms with Crippen molar-refractivity contribution in [1.82, 2.24) is 9.03 Å². The molecule has 0 bridgehead atoms. The Hall–Kier alpha value is -0.170. The van der Waals surface area contributed by atoms with Gasteiger partial charge in [-0.15, -0.1) is 0 Å². The maximum atomic E-state index is 11.8. The summed E-state index contributed by atoms with van der Waals surface area (Å²) < 4.78 is 27.5. The summed E-state index contributed by atoms with van der Waals surface area (Å²) in [6.07, 6.45) is 2.26. The van der Waals surface area contributed by atoms with E-state index in [-0.39, 0.29) is 12.6 Å². The first-order valence-corrected chi connectivity index (χ1v) is 6.82. The Kier molecular flexibility index (Phi) is 4.51. The Morgan fingerprint density at radius 2 is 2.20 bits per heavy atom. The van der Waals surface area contributed by atoms with Gasteiger partial charge in [-0.3, -0.25) is 0 Å². The van der Waals surface area contributed by atoms with Gasteiger partial charge in [-0.05, 0) is 26.7 Å². The lowest BCUT2D eigenvalue weighted by atomic mass is 10.1. The fourth-order valence-electron chi connectivity index (χ4n) is 1.74. The second-order valence-electron chi connectivity index (χ2n) is 4.16. The van der Waals surface area contributed by atoms with Crippen LogP contribution in [0.5, 0.6) is 0 Å². The van der Waals surface area contributed by atoms with Crippen molar-refractivity contribution in [2.45, 2.75) is 45.3 Å². The summed E-state index contributed by atoms with van der Waals surface area (Å²) in [5, 5.41) is 9.03. The van der Waals surface area contributed by atoms with Crippen molar-refractivity contribution >= 4 is 10.2 Å². The molecular weight excluding hydrogens is 216 g/mol. The van der Waals surface area contributed by atoms with Crippen molar-refractivity contribution in [1.29, 1.82) is 0 Å². The molecule has 0 aromatic heterocycles. The first-order valence-electron chi connectivity index (χ1n) is 5.38. The van der Waals surface area contributed by atoms with Crippen LogP contribution in [0, 0.1) is 0 Å². The zero-order valence-corrected chi connectivity index (χ0v) is 10.1. The summed E-state index contributed by atoms with van der Waals surface area (Å²) in [4.78, 5) is 0. The molecule has 0 radical (unpaired) electrons. The molecule has 1 heterocycles. The van der Waals surface area contributed by atoms with E-state index >= 15 is 0 Å². The first-order chi connectivity index (χ1) is 6.93. The van der Waals surface area contributed by atoms with Gasteiger partial charge in [-0.1, -0.05) is 6.42 Å². The van der Waals surface area contributed by atoms with Crippen LogP contribution in [0.15, 0.2) is 0 Å². The Morgan fingerprint density at radius 3 is 2.73 bits per heavy atom. The smallest absolute Gasteiger partial charge is 0.279 e. The van der Waals surface area contributed by atoms with Crippen molar-refractivity contribution in [3.63, 3.8) is 0 Å². The summed E-state index contributed by atoms with van der Waals surface area (Å²) in [6, 6.07) is 0.0604. The van der Waals surface area contributed by atoms with E-state index in [0.29, 0.717) is 6.54 Å². The highest BCUT2D eigenvalue weighted by molar-refractivity contribution is 7.87. The lowest BCUT2D eigenvalue weighted by molar-refractivity contribution is 0.195. The van der Waals surface area contributed by atoms with E-state index in [1.807, 2.05) is 6.92 Å². The predicted molar refractivity (Wildman–Crippen MR) is 58.6 cm³/mol. The SMILES string of the molecule is CC1CCCCN1S(=O)(=O)NC[C@@H](C)O. The van der Waals surface area contributed by atoms with Crippen molar-refractivity contribution in [2.24, 2.45) is 0 Å². The number of piperidine rings is 1. The third-order valence-corrected chi connectivity index (χ3v) is 4.30. The molecule has 0 aromatic rings. The largest absolute Gasteiger partial charge is 0.392 e.